The summed E-state index contributed by atoms with van der Waals surface area (Å²) in [4.78, 5) is 12.9. The van der Waals surface area contributed by atoms with Crippen LogP contribution >= 0.6 is 12.4 Å². The zero-order chi connectivity index (χ0) is 16.6. The lowest BCUT2D eigenvalue weighted by Crippen LogP contribution is -2.40. The molecule has 0 unspecified atom stereocenters. The number of hydrogen-bond donors (Lipinski definition) is 1. The molecule has 0 aromatic heterocycles. The quantitative estimate of drug-likeness (QED) is 0.728. The highest BCUT2D eigenvalue weighted by molar-refractivity contribution is 5.85. The summed E-state index contributed by atoms with van der Waals surface area (Å²) in [5, 5.41) is 2.88. The molecule has 0 bridgehead atoms. The van der Waals surface area contributed by atoms with Crippen LogP contribution in [0, 0.1) is 6.92 Å². The Kier molecular flexibility index (Phi) is 9.91. The van der Waals surface area contributed by atoms with Gasteiger partial charge in [-0.1, -0.05) is 29.8 Å². The first kappa shape index (κ1) is 21.7. The molecule has 0 atom stereocenters. The minimum Gasteiger partial charge on any atom is -0.333 e. The van der Waals surface area contributed by atoms with Gasteiger partial charge in [0.05, 0.1) is 0 Å². The molecule has 0 aliphatic heterocycles. The van der Waals surface area contributed by atoms with Crippen LogP contribution in [-0.4, -0.2) is 43.7 Å². The molecule has 0 aliphatic rings. The average Bonchev–Trinajstić information content (AvgIpc) is 2.44. The summed E-state index contributed by atoms with van der Waals surface area (Å²) in [7, 11) is 1.75. The van der Waals surface area contributed by atoms with Crippen LogP contribution in [0.3, 0.4) is 0 Å². The van der Waals surface area contributed by atoms with E-state index in [2.05, 4.69) is 5.32 Å². The third-order valence-corrected chi connectivity index (χ3v) is 3.33. The minimum absolute atomic E-state index is 0. The molecular weight excluding hydrogens is 329 g/mol. The molecule has 1 amide bonds. The van der Waals surface area contributed by atoms with E-state index in [9.17, 15) is 18.0 Å². The monoisotopic (exact) mass is 352 g/mol. The Balaban J connectivity index is 0.00000484. The number of carbonyl (C=O) groups excluding carboxylic acids is 1. The van der Waals surface area contributed by atoms with Gasteiger partial charge in [-0.05, 0) is 38.9 Å². The zero-order valence-corrected chi connectivity index (χ0v) is 14.3. The Morgan fingerprint density at radius 1 is 1.22 bits per heavy atom. The third-order valence-electron chi connectivity index (χ3n) is 3.33. The molecule has 0 saturated heterocycles. The topological polar surface area (TPSA) is 32.3 Å². The maximum Gasteiger partial charge on any atom is 0.406 e. The predicted molar refractivity (Wildman–Crippen MR) is 87.9 cm³/mol. The van der Waals surface area contributed by atoms with Gasteiger partial charge in [0.2, 0.25) is 5.91 Å². The Morgan fingerprint density at radius 3 is 2.35 bits per heavy atom. The molecule has 1 aromatic rings. The number of nitrogens with one attached hydrogen (secondary N) is 1. The molecule has 1 rings (SSSR count). The summed E-state index contributed by atoms with van der Waals surface area (Å²) >= 11 is 0. The van der Waals surface area contributed by atoms with E-state index in [0.717, 1.165) is 16.0 Å². The van der Waals surface area contributed by atoms with E-state index in [0.29, 0.717) is 19.4 Å². The normalized spacial score (nSPS) is 11.0. The maximum absolute atomic E-state index is 12.6. The largest absolute Gasteiger partial charge is 0.406 e. The number of alkyl halides is 3. The van der Waals surface area contributed by atoms with Gasteiger partial charge in [-0.15, -0.1) is 12.4 Å². The van der Waals surface area contributed by atoms with Crippen LogP contribution < -0.4 is 5.32 Å². The van der Waals surface area contributed by atoms with Crippen LogP contribution in [0.25, 0.3) is 0 Å². The second-order valence-corrected chi connectivity index (χ2v) is 5.37. The van der Waals surface area contributed by atoms with E-state index in [1.54, 1.807) is 7.05 Å². The highest BCUT2D eigenvalue weighted by Crippen LogP contribution is 2.18. The first-order valence-corrected chi connectivity index (χ1v) is 7.36. The average molecular weight is 353 g/mol. The molecular formula is C16H24ClF3N2O. The van der Waals surface area contributed by atoms with Crippen molar-refractivity contribution >= 4 is 18.3 Å². The van der Waals surface area contributed by atoms with Crippen LogP contribution in [0.4, 0.5) is 13.2 Å². The number of hydrogen-bond acceptors (Lipinski definition) is 2. The first-order valence-electron chi connectivity index (χ1n) is 7.36. The van der Waals surface area contributed by atoms with E-state index in [1.807, 2.05) is 31.2 Å². The van der Waals surface area contributed by atoms with Crippen molar-refractivity contribution in [2.24, 2.45) is 0 Å². The molecule has 0 saturated carbocycles. The number of halogens is 4. The van der Waals surface area contributed by atoms with E-state index in [1.165, 1.54) is 0 Å². The standard InChI is InChI=1S/C16H23F3N2O.ClH/c1-13-5-7-14(8-6-13)9-11-21(12-16(17,18)19)15(22)4-3-10-20-2;/h5-8,20H,3-4,9-12H2,1-2H3;1H. The summed E-state index contributed by atoms with van der Waals surface area (Å²) in [6, 6.07) is 7.59. The molecule has 132 valence electrons. The molecule has 0 fully saturated rings. The summed E-state index contributed by atoms with van der Waals surface area (Å²) in [6.45, 7) is 1.47. The van der Waals surface area contributed by atoms with Gasteiger partial charge in [0.15, 0.2) is 0 Å². The minimum atomic E-state index is -4.37. The second kappa shape index (κ2) is 10.5. The number of carbonyl (C=O) groups is 1. The zero-order valence-electron chi connectivity index (χ0n) is 13.4. The number of aryl methyl sites for hydroxylation is 1. The summed E-state index contributed by atoms with van der Waals surface area (Å²) in [5.74, 6) is -0.445. The Labute approximate surface area is 141 Å². The highest BCUT2D eigenvalue weighted by atomic mass is 35.5. The van der Waals surface area contributed by atoms with Gasteiger partial charge in [0, 0.05) is 13.0 Å². The van der Waals surface area contributed by atoms with Crippen molar-refractivity contribution in [2.45, 2.75) is 32.4 Å². The van der Waals surface area contributed by atoms with Gasteiger partial charge in [-0.2, -0.15) is 13.2 Å². The lowest BCUT2D eigenvalue weighted by Gasteiger charge is -2.24. The van der Waals surface area contributed by atoms with Gasteiger partial charge in [0.1, 0.15) is 6.54 Å². The van der Waals surface area contributed by atoms with Crippen molar-refractivity contribution in [3.05, 3.63) is 35.4 Å². The number of amides is 1. The molecule has 23 heavy (non-hydrogen) atoms. The van der Waals surface area contributed by atoms with Crippen molar-refractivity contribution in [1.82, 2.24) is 10.2 Å². The summed E-state index contributed by atoms with van der Waals surface area (Å²) < 4.78 is 37.9. The molecule has 0 radical (unpaired) electrons. The van der Waals surface area contributed by atoms with Crippen molar-refractivity contribution in [3.8, 4) is 0 Å². The Hall–Kier alpha value is -1.27. The highest BCUT2D eigenvalue weighted by Gasteiger charge is 2.32. The van der Waals surface area contributed by atoms with Crippen molar-refractivity contribution < 1.29 is 18.0 Å². The van der Waals surface area contributed by atoms with Crippen LogP contribution in [0.2, 0.25) is 0 Å². The van der Waals surface area contributed by atoms with Crippen molar-refractivity contribution in [1.29, 1.82) is 0 Å². The smallest absolute Gasteiger partial charge is 0.333 e. The summed E-state index contributed by atoms with van der Waals surface area (Å²) in [6.07, 6.45) is -3.28. The Bertz CT molecular complexity index is 463. The van der Waals surface area contributed by atoms with Gasteiger partial charge in [-0.3, -0.25) is 4.79 Å². The lowest BCUT2D eigenvalue weighted by atomic mass is 10.1. The van der Waals surface area contributed by atoms with E-state index in [-0.39, 0.29) is 25.4 Å². The van der Waals surface area contributed by atoms with Crippen LogP contribution in [-0.2, 0) is 11.2 Å². The molecule has 1 aromatic carbocycles. The van der Waals surface area contributed by atoms with Gasteiger partial charge in [0.25, 0.3) is 0 Å². The molecule has 1 N–H and O–H groups in total. The molecule has 0 aliphatic carbocycles. The molecule has 0 spiro atoms. The van der Waals surface area contributed by atoms with E-state index in [4.69, 9.17) is 0 Å². The van der Waals surface area contributed by atoms with E-state index >= 15 is 0 Å². The van der Waals surface area contributed by atoms with Gasteiger partial charge in [-0.25, -0.2) is 0 Å². The second-order valence-electron chi connectivity index (χ2n) is 5.37. The van der Waals surface area contributed by atoms with Crippen molar-refractivity contribution in [2.75, 3.05) is 26.7 Å². The van der Waals surface area contributed by atoms with Crippen molar-refractivity contribution in [3.63, 3.8) is 0 Å². The molecule has 7 heteroatoms. The fourth-order valence-corrected chi connectivity index (χ4v) is 2.10. The SMILES string of the molecule is CNCCCC(=O)N(CCc1ccc(C)cc1)CC(F)(F)F.Cl. The fraction of sp³-hybridized carbons (Fsp3) is 0.562. The molecule has 0 heterocycles. The van der Waals surface area contributed by atoms with Crippen LogP contribution in [0.5, 0.6) is 0 Å². The van der Waals surface area contributed by atoms with Crippen LogP contribution in [0.15, 0.2) is 24.3 Å². The van der Waals surface area contributed by atoms with Gasteiger partial charge < -0.3 is 10.2 Å². The predicted octanol–water partition coefficient (Wildman–Crippen LogP) is 3.35. The molecule has 3 nitrogen and oxygen atoms in total. The number of benzene rings is 1. The third kappa shape index (κ3) is 9.46. The Morgan fingerprint density at radius 2 is 1.83 bits per heavy atom. The number of rotatable bonds is 8. The lowest BCUT2D eigenvalue weighted by molar-refractivity contribution is -0.161. The summed E-state index contributed by atoms with van der Waals surface area (Å²) in [5.41, 5.74) is 2.03. The maximum atomic E-state index is 12.6. The van der Waals surface area contributed by atoms with Gasteiger partial charge >= 0.3 is 6.18 Å². The first-order chi connectivity index (χ1) is 10.3. The fourth-order valence-electron chi connectivity index (χ4n) is 2.10. The van der Waals surface area contributed by atoms with Crippen LogP contribution in [0.1, 0.15) is 24.0 Å². The van der Waals surface area contributed by atoms with E-state index < -0.39 is 18.6 Å². The number of nitrogens with zero attached hydrogens (tertiary/aromatic N) is 1.